The van der Waals surface area contributed by atoms with Crippen molar-refractivity contribution in [2.75, 3.05) is 12.4 Å². The highest BCUT2D eigenvalue weighted by Gasteiger charge is 2.08. The molecule has 1 amide bonds. The van der Waals surface area contributed by atoms with Gasteiger partial charge < -0.3 is 15.4 Å². The summed E-state index contributed by atoms with van der Waals surface area (Å²) >= 11 is 0. The van der Waals surface area contributed by atoms with Gasteiger partial charge in [0.25, 0.3) is 5.91 Å². The van der Waals surface area contributed by atoms with Crippen molar-refractivity contribution in [3.05, 3.63) is 77.7 Å². The standard InChI is InChI=1S/C20H20N4O2/c1-14-3-7-16(8-4-14)24-19-13-21-18(12-22-19)20(25)23-11-15-5-9-17(26-2)10-6-15/h3-10,12-13H,11H2,1-2H3,(H,22,24)(H,23,25). The number of benzene rings is 2. The number of carbonyl (C=O) groups is 1. The number of hydrogen-bond donors (Lipinski definition) is 2. The summed E-state index contributed by atoms with van der Waals surface area (Å²) in [5.41, 5.74) is 3.35. The normalized spacial score (nSPS) is 10.2. The molecule has 0 atom stereocenters. The number of nitrogens with one attached hydrogen (secondary N) is 2. The summed E-state index contributed by atoms with van der Waals surface area (Å²) in [7, 11) is 1.62. The number of aryl methyl sites for hydroxylation is 1. The first kappa shape index (κ1) is 17.4. The Hall–Kier alpha value is -3.41. The molecule has 6 heteroatoms. The van der Waals surface area contributed by atoms with Crippen LogP contribution in [-0.4, -0.2) is 23.0 Å². The predicted octanol–water partition coefficient (Wildman–Crippen LogP) is 3.47. The molecule has 0 aliphatic rings. The first-order valence-corrected chi connectivity index (χ1v) is 8.21. The number of ether oxygens (including phenoxy) is 1. The number of hydrogen-bond acceptors (Lipinski definition) is 5. The van der Waals surface area contributed by atoms with E-state index in [0.29, 0.717) is 12.4 Å². The third-order valence-corrected chi connectivity index (χ3v) is 3.82. The van der Waals surface area contributed by atoms with Gasteiger partial charge in [-0.15, -0.1) is 0 Å². The van der Waals surface area contributed by atoms with E-state index in [0.717, 1.165) is 17.0 Å². The first-order valence-electron chi connectivity index (χ1n) is 8.21. The molecule has 0 fully saturated rings. The molecule has 1 heterocycles. The maximum absolute atomic E-state index is 12.2. The molecule has 2 aromatic carbocycles. The number of aromatic nitrogens is 2. The van der Waals surface area contributed by atoms with Crippen molar-refractivity contribution >= 4 is 17.4 Å². The highest BCUT2D eigenvalue weighted by Crippen LogP contribution is 2.14. The van der Waals surface area contributed by atoms with Gasteiger partial charge in [0.2, 0.25) is 0 Å². The van der Waals surface area contributed by atoms with Gasteiger partial charge in [0.15, 0.2) is 0 Å². The van der Waals surface area contributed by atoms with Gasteiger partial charge in [0, 0.05) is 12.2 Å². The highest BCUT2D eigenvalue weighted by atomic mass is 16.5. The van der Waals surface area contributed by atoms with E-state index in [9.17, 15) is 4.79 Å². The molecule has 3 rings (SSSR count). The van der Waals surface area contributed by atoms with Crippen LogP contribution in [0, 0.1) is 6.92 Å². The van der Waals surface area contributed by atoms with Crippen LogP contribution in [0.1, 0.15) is 21.6 Å². The van der Waals surface area contributed by atoms with E-state index in [1.54, 1.807) is 13.3 Å². The summed E-state index contributed by atoms with van der Waals surface area (Å²) in [5.74, 6) is 1.10. The minimum absolute atomic E-state index is 0.268. The lowest BCUT2D eigenvalue weighted by Crippen LogP contribution is -2.24. The van der Waals surface area contributed by atoms with Crippen LogP contribution in [0.2, 0.25) is 0 Å². The molecule has 0 bridgehead atoms. The van der Waals surface area contributed by atoms with Crippen molar-refractivity contribution < 1.29 is 9.53 Å². The molecule has 0 aliphatic carbocycles. The minimum atomic E-state index is -0.268. The molecule has 132 valence electrons. The SMILES string of the molecule is COc1ccc(CNC(=O)c2cnc(Nc3ccc(C)cc3)cn2)cc1. The number of methoxy groups -OCH3 is 1. The summed E-state index contributed by atoms with van der Waals surface area (Å²) in [4.78, 5) is 20.6. The van der Waals surface area contributed by atoms with Gasteiger partial charge in [-0.3, -0.25) is 4.79 Å². The molecule has 26 heavy (non-hydrogen) atoms. The molecule has 0 radical (unpaired) electrons. The van der Waals surface area contributed by atoms with Crippen molar-refractivity contribution in [1.82, 2.24) is 15.3 Å². The van der Waals surface area contributed by atoms with Crippen molar-refractivity contribution in [2.24, 2.45) is 0 Å². The number of rotatable bonds is 6. The fourth-order valence-corrected chi connectivity index (χ4v) is 2.31. The fourth-order valence-electron chi connectivity index (χ4n) is 2.31. The fraction of sp³-hybridized carbons (Fsp3) is 0.150. The second-order valence-corrected chi connectivity index (χ2v) is 5.81. The Morgan fingerprint density at radius 1 is 1.00 bits per heavy atom. The molecular formula is C20H20N4O2. The third kappa shape index (κ3) is 4.57. The molecule has 6 nitrogen and oxygen atoms in total. The molecule has 0 aliphatic heterocycles. The van der Waals surface area contributed by atoms with Crippen LogP contribution in [0.4, 0.5) is 11.5 Å². The molecule has 2 N–H and O–H groups in total. The molecule has 3 aromatic rings. The van der Waals surface area contributed by atoms with Crippen LogP contribution in [0.15, 0.2) is 60.9 Å². The maximum Gasteiger partial charge on any atom is 0.271 e. The predicted molar refractivity (Wildman–Crippen MR) is 101 cm³/mol. The number of nitrogens with zero attached hydrogens (tertiary/aromatic N) is 2. The first-order chi connectivity index (χ1) is 12.6. The van der Waals surface area contributed by atoms with Gasteiger partial charge in [-0.1, -0.05) is 29.8 Å². The second-order valence-electron chi connectivity index (χ2n) is 5.81. The van der Waals surface area contributed by atoms with Gasteiger partial charge in [0.1, 0.15) is 17.3 Å². The van der Waals surface area contributed by atoms with Crippen molar-refractivity contribution in [1.29, 1.82) is 0 Å². The summed E-state index contributed by atoms with van der Waals surface area (Å²) in [6, 6.07) is 15.5. The lowest BCUT2D eigenvalue weighted by molar-refractivity contribution is 0.0945. The van der Waals surface area contributed by atoms with Crippen LogP contribution in [0.3, 0.4) is 0 Å². The monoisotopic (exact) mass is 348 g/mol. The van der Waals surface area contributed by atoms with E-state index in [-0.39, 0.29) is 11.6 Å². The summed E-state index contributed by atoms with van der Waals surface area (Å²) in [6.07, 6.45) is 3.00. The smallest absolute Gasteiger partial charge is 0.271 e. The molecular weight excluding hydrogens is 328 g/mol. The van der Waals surface area contributed by atoms with Crippen LogP contribution >= 0.6 is 0 Å². The number of amides is 1. The van der Waals surface area contributed by atoms with Gasteiger partial charge in [-0.2, -0.15) is 0 Å². The third-order valence-electron chi connectivity index (χ3n) is 3.82. The average Bonchev–Trinajstić information content (AvgIpc) is 2.69. The van der Waals surface area contributed by atoms with Gasteiger partial charge >= 0.3 is 0 Å². The summed E-state index contributed by atoms with van der Waals surface area (Å²) in [5, 5.41) is 5.97. The van der Waals surface area contributed by atoms with Gasteiger partial charge in [0.05, 0.1) is 19.5 Å². The zero-order valence-electron chi connectivity index (χ0n) is 14.7. The second kappa shape index (κ2) is 8.11. The van der Waals surface area contributed by atoms with Crippen LogP contribution in [0.25, 0.3) is 0 Å². The summed E-state index contributed by atoms with van der Waals surface area (Å²) < 4.78 is 5.11. The molecule has 0 saturated heterocycles. The minimum Gasteiger partial charge on any atom is -0.497 e. The van der Waals surface area contributed by atoms with Gasteiger partial charge in [-0.05, 0) is 36.8 Å². The average molecular weight is 348 g/mol. The van der Waals surface area contributed by atoms with Gasteiger partial charge in [-0.25, -0.2) is 9.97 Å². The quantitative estimate of drug-likeness (QED) is 0.713. The van der Waals surface area contributed by atoms with Crippen LogP contribution in [0.5, 0.6) is 5.75 Å². The zero-order valence-corrected chi connectivity index (χ0v) is 14.7. The van der Waals surface area contributed by atoms with E-state index in [2.05, 4.69) is 20.6 Å². The van der Waals surface area contributed by atoms with Crippen molar-refractivity contribution in [3.8, 4) is 5.75 Å². The molecule has 0 unspecified atom stereocenters. The Labute approximate surface area is 152 Å². The Balaban J connectivity index is 1.56. The highest BCUT2D eigenvalue weighted by molar-refractivity contribution is 5.92. The van der Waals surface area contributed by atoms with E-state index < -0.39 is 0 Å². The molecule has 1 aromatic heterocycles. The topological polar surface area (TPSA) is 76.1 Å². The van der Waals surface area contributed by atoms with Crippen LogP contribution in [-0.2, 0) is 6.54 Å². The number of anilines is 2. The number of carbonyl (C=O) groups excluding carboxylic acids is 1. The largest absolute Gasteiger partial charge is 0.497 e. The van der Waals surface area contributed by atoms with Crippen LogP contribution < -0.4 is 15.4 Å². The van der Waals surface area contributed by atoms with E-state index in [4.69, 9.17) is 4.74 Å². The Kier molecular flexibility index (Phi) is 5.43. The van der Waals surface area contributed by atoms with E-state index in [1.165, 1.54) is 11.8 Å². The van der Waals surface area contributed by atoms with E-state index in [1.807, 2.05) is 55.5 Å². The Morgan fingerprint density at radius 2 is 1.73 bits per heavy atom. The van der Waals surface area contributed by atoms with Crippen molar-refractivity contribution in [3.63, 3.8) is 0 Å². The van der Waals surface area contributed by atoms with E-state index >= 15 is 0 Å². The summed E-state index contributed by atoms with van der Waals surface area (Å²) in [6.45, 7) is 2.44. The Morgan fingerprint density at radius 3 is 2.35 bits per heavy atom. The van der Waals surface area contributed by atoms with Crippen molar-refractivity contribution in [2.45, 2.75) is 13.5 Å². The Bertz CT molecular complexity index is 860. The molecule has 0 spiro atoms. The lowest BCUT2D eigenvalue weighted by Gasteiger charge is -2.08. The molecule has 0 saturated carbocycles. The maximum atomic E-state index is 12.2. The lowest BCUT2D eigenvalue weighted by atomic mass is 10.2. The zero-order chi connectivity index (χ0) is 18.4.